The summed E-state index contributed by atoms with van der Waals surface area (Å²) in [5.74, 6) is -1.12. The van der Waals surface area contributed by atoms with Gasteiger partial charge in [0.1, 0.15) is 0 Å². The Kier molecular flexibility index (Phi) is 5.26. The van der Waals surface area contributed by atoms with E-state index in [1.54, 1.807) is 6.92 Å². The van der Waals surface area contributed by atoms with Crippen molar-refractivity contribution < 1.29 is 23.5 Å². The molecule has 0 aromatic carbocycles. The van der Waals surface area contributed by atoms with Gasteiger partial charge in [-0.25, -0.2) is 9.59 Å². The van der Waals surface area contributed by atoms with Crippen LogP contribution < -0.4 is 0 Å². The third-order valence-corrected chi connectivity index (χ3v) is 2.01. The fourth-order valence-electron chi connectivity index (χ4n) is 1.14. The second kappa shape index (κ2) is 6.73. The van der Waals surface area contributed by atoms with E-state index in [4.69, 9.17) is 13.9 Å². The van der Waals surface area contributed by atoms with Crippen LogP contribution in [0.3, 0.4) is 0 Å². The largest absolute Gasteiger partial charge is 0.460 e. The van der Waals surface area contributed by atoms with E-state index in [0.717, 1.165) is 12.8 Å². The topological polar surface area (TPSA) is 65.7 Å². The summed E-state index contributed by atoms with van der Waals surface area (Å²) in [7, 11) is 0. The maximum Gasteiger partial charge on any atom is 0.374 e. The molecule has 1 aromatic heterocycles. The number of carbonyl (C=O) groups excluding carboxylic acids is 2. The minimum absolute atomic E-state index is 0.00860. The number of rotatable bonds is 6. The van der Waals surface area contributed by atoms with Gasteiger partial charge in [0.2, 0.25) is 11.5 Å². The summed E-state index contributed by atoms with van der Waals surface area (Å²) in [6.45, 7) is 4.31. The first-order valence-corrected chi connectivity index (χ1v) is 5.63. The Morgan fingerprint density at radius 3 is 2.24 bits per heavy atom. The molecule has 5 heteroatoms. The molecule has 0 N–H and O–H groups in total. The molecule has 1 rings (SSSR count). The van der Waals surface area contributed by atoms with Crippen molar-refractivity contribution in [3.8, 4) is 0 Å². The Morgan fingerprint density at radius 2 is 1.71 bits per heavy atom. The van der Waals surface area contributed by atoms with Crippen LogP contribution in [-0.4, -0.2) is 25.2 Å². The highest BCUT2D eigenvalue weighted by Gasteiger charge is 2.17. The van der Waals surface area contributed by atoms with Gasteiger partial charge in [-0.2, -0.15) is 0 Å². The third kappa shape index (κ3) is 3.94. The van der Waals surface area contributed by atoms with E-state index in [9.17, 15) is 9.59 Å². The van der Waals surface area contributed by atoms with Crippen molar-refractivity contribution in [1.29, 1.82) is 0 Å². The van der Waals surface area contributed by atoms with E-state index < -0.39 is 11.9 Å². The predicted octanol–water partition coefficient (Wildman–Crippen LogP) is 2.41. The molecular weight excluding hydrogens is 224 g/mol. The summed E-state index contributed by atoms with van der Waals surface area (Å²) in [6.07, 6.45) is 1.75. The van der Waals surface area contributed by atoms with Crippen molar-refractivity contribution in [2.75, 3.05) is 13.2 Å². The smallest absolute Gasteiger partial charge is 0.374 e. The van der Waals surface area contributed by atoms with Crippen LogP contribution in [0.5, 0.6) is 0 Å². The average molecular weight is 240 g/mol. The zero-order valence-electron chi connectivity index (χ0n) is 10.0. The molecule has 0 aliphatic heterocycles. The lowest BCUT2D eigenvalue weighted by Gasteiger charge is -2.00. The molecule has 0 amide bonds. The first-order chi connectivity index (χ1) is 8.19. The number of hydrogen-bond acceptors (Lipinski definition) is 5. The molecule has 5 nitrogen and oxygen atoms in total. The monoisotopic (exact) mass is 240 g/mol. The zero-order valence-corrected chi connectivity index (χ0v) is 10.0. The maximum absolute atomic E-state index is 11.4. The molecule has 0 atom stereocenters. The Morgan fingerprint density at radius 1 is 1.12 bits per heavy atom. The lowest BCUT2D eigenvalue weighted by molar-refractivity contribution is 0.0440. The molecule has 0 radical (unpaired) electrons. The highest BCUT2D eigenvalue weighted by molar-refractivity contribution is 5.90. The van der Waals surface area contributed by atoms with Gasteiger partial charge in [-0.3, -0.25) is 0 Å². The zero-order chi connectivity index (χ0) is 12.7. The van der Waals surface area contributed by atoms with Crippen LogP contribution in [0.4, 0.5) is 0 Å². The van der Waals surface area contributed by atoms with E-state index in [1.807, 2.05) is 6.92 Å². The average Bonchev–Trinajstić information content (AvgIpc) is 2.79. The van der Waals surface area contributed by atoms with Crippen molar-refractivity contribution >= 4 is 11.9 Å². The Balaban J connectivity index is 2.55. The standard InChI is InChI=1S/C12H16O5/c1-3-5-8-16-12(14)10-7-6-9(17-10)11(13)15-4-2/h6-7H,3-5,8H2,1-2H3. The molecular formula is C12H16O5. The second-order valence-electron chi connectivity index (χ2n) is 3.37. The molecule has 0 bridgehead atoms. The summed E-state index contributed by atoms with van der Waals surface area (Å²) in [5, 5.41) is 0. The summed E-state index contributed by atoms with van der Waals surface area (Å²) in [4.78, 5) is 22.7. The van der Waals surface area contributed by atoms with E-state index in [0.29, 0.717) is 6.61 Å². The summed E-state index contributed by atoms with van der Waals surface area (Å²) < 4.78 is 14.7. The van der Waals surface area contributed by atoms with Gasteiger partial charge in [-0.05, 0) is 25.5 Å². The molecule has 0 saturated carbocycles. The van der Waals surface area contributed by atoms with Gasteiger partial charge >= 0.3 is 11.9 Å². The summed E-state index contributed by atoms with van der Waals surface area (Å²) >= 11 is 0. The highest BCUT2D eigenvalue weighted by Crippen LogP contribution is 2.10. The van der Waals surface area contributed by atoms with E-state index in [2.05, 4.69) is 0 Å². The van der Waals surface area contributed by atoms with Crippen LogP contribution in [0.1, 0.15) is 47.8 Å². The Hall–Kier alpha value is -1.78. The molecule has 0 aliphatic carbocycles. The van der Waals surface area contributed by atoms with Crippen LogP contribution in [0, 0.1) is 0 Å². The van der Waals surface area contributed by atoms with Gasteiger partial charge < -0.3 is 13.9 Å². The van der Waals surface area contributed by atoms with Crippen LogP contribution in [0.2, 0.25) is 0 Å². The SMILES string of the molecule is CCCCOC(=O)c1ccc(C(=O)OCC)o1. The molecule has 0 unspecified atom stereocenters. The molecule has 1 heterocycles. The summed E-state index contributed by atoms with van der Waals surface area (Å²) in [6, 6.07) is 2.80. The van der Waals surface area contributed by atoms with Gasteiger partial charge in [-0.15, -0.1) is 0 Å². The second-order valence-corrected chi connectivity index (χ2v) is 3.37. The van der Waals surface area contributed by atoms with Crippen molar-refractivity contribution in [3.63, 3.8) is 0 Å². The number of unbranched alkanes of at least 4 members (excludes halogenated alkanes) is 1. The predicted molar refractivity (Wildman–Crippen MR) is 59.9 cm³/mol. The van der Waals surface area contributed by atoms with Gasteiger partial charge in [0, 0.05) is 0 Å². The first-order valence-electron chi connectivity index (χ1n) is 5.63. The first kappa shape index (κ1) is 13.3. The van der Waals surface area contributed by atoms with Gasteiger partial charge in [0.15, 0.2) is 0 Å². The normalized spacial score (nSPS) is 10.0. The van der Waals surface area contributed by atoms with Crippen LogP contribution in [0.25, 0.3) is 0 Å². The molecule has 94 valence electrons. The number of esters is 2. The Labute approximate surface area is 99.7 Å². The van der Waals surface area contributed by atoms with Crippen molar-refractivity contribution in [3.05, 3.63) is 23.7 Å². The van der Waals surface area contributed by atoms with Crippen LogP contribution in [0.15, 0.2) is 16.5 Å². The van der Waals surface area contributed by atoms with Crippen LogP contribution >= 0.6 is 0 Å². The number of ether oxygens (including phenoxy) is 2. The molecule has 0 fully saturated rings. The summed E-state index contributed by atoms with van der Waals surface area (Å²) in [5.41, 5.74) is 0. The van der Waals surface area contributed by atoms with Crippen molar-refractivity contribution in [2.24, 2.45) is 0 Å². The number of furan rings is 1. The molecule has 0 saturated heterocycles. The fraction of sp³-hybridized carbons (Fsp3) is 0.500. The fourth-order valence-corrected chi connectivity index (χ4v) is 1.14. The van der Waals surface area contributed by atoms with Gasteiger partial charge in [0.05, 0.1) is 13.2 Å². The van der Waals surface area contributed by atoms with Crippen molar-refractivity contribution in [2.45, 2.75) is 26.7 Å². The van der Waals surface area contributed by atoms with Gasteiger partial charge in [-0.1, -0.05) is 13.3 Å². The molecule has 17 heavy (non-hydrogen) atoms. The van der Waals surface area contributed by atoms with Crippen LogP contribution in [-0.2, 0) is 9.47 Å². The highest BCUT2D eigenvalue weighted by atomic mass is 16.6. The molecule has 0 spiro atoms. The minimum atomic E-state index is -0.583. The van der Waals surface area contributed by atoms with E-state index in [1.165, 1.54) is 12.1 Å². The maximum atomic E-state index is 11.4. The Bertz CT molecular complexity index is 380. The lowest BCUT2D eigenvalue weighted by atomic mass is 10.3. The lowest BCUT2D eigenvalue weighted by Crippen LogP contribution is -2.06. The van der Waals surface area contributed by atoms with E-state index in [-0.39, 0.29) is 18.1 Å². The minimum Gasteiger partial charge on any atom is -0.460 e. The molecule has 1 aromatic rings. The third-order valence-electron chi connectivity index (χ3n) is 2.01. The molecule has 0 aliphatic rings. The number of carbonyl (C=O) groups is 2. The van der Waals surface area contributed by atoms with Crippen molar-refractivity contribution in [1.82, 2.24) is 0 Å². The van der Waals surface area contributed by atoms with E-state index >= 15 is 0 Å². The quantitative estimate of drug-likeness (QED) is 0.564. The van der Waals surface area contributed by atoms with Gasteiger partial charge in [0.25, 0.3) is 0 Å². The number of hydrogen-bond donors (Lipinski definition) is 0.